The number of likely N-dealkylation sites (N-methyl/N-ethyl adjacent to an activating group) is 1. The Kier molecular flexibility index (Phi) is 5.67. The molecular weight excluding hydrogens is 484 g/mol. The SMILES string of the molecule is CN1CCc2c(sc3c2c(=O)n(-c2ccccc2)c2nnc(SCC(=O)NCc4ccco4)n32)C1. The zero-order chi connectivity index (χ0) is 23.9. The van der Waals surface area contributed by atoms with Crippen molar-refractivity contribution < 1.29 is 9.21 Å². The number of nitrogens with zero attached hydrogens (tertiary/aromatic N) is 5. The van der Waals surface area contributed by atoms with Crippen LogP contribution in [0.25, 0.3) is 21.7 Å². The number of amides is 1. The molecule has 11 heteroatoms. The van der Waals surface area contributed by atoms with Gasteiger partial charge in [0.05, 0.1) is 29.6 Å². The summed E-state index contributed by atoms with van der Waals surface area (Å²) in [5, 5.41) is 12.9. The second-order valence-corrected chi connectivity index (χ2v) is 10.4. The summed E-state index contributed by atoms with van der Waals surface area (Å²) < 4.78 is 8.83. The van der Waals surface area contributed by atoms with E-state index in [2.05, 4.69) is 27.5 Å². The number of thioether (sulfide) groups is 1. The van der Waals surface area contributed by atoms with E-state index in [1.807, 2.05) is 40.8 Å². The first-order chi connectivity index (χ1) is 17.1. The molecule has 1 aliphatic rings. The maximum atomic E-state index is 13.8. The highest BCUT2D eigenvalue weighted by atomic mass is 32.2. The van der Waals surface area contributed by atoms with E-state index in [0.717, 1.165) is 41.0 Å². The smallest absolute Gasteiger partial charge is 0.268 e. The predicted molar refractivity (Wildman–Crippen MR) is 135 cm³/mol. The third-order valence-electron chi connectivity index (χ3n) is 6.05. The predicted octanol–water partition coefficient (Wildman–Crippen LogP) is 3.08. The molecule has 0 unspecified atom stereocenters. The fourth-order valence-corrected chi connectivity index (χ4v) is 6.60. The van der Waals surface area contributed by atoms with Crippen LogP contribution >= 0.6 is 23.1 Å². The zero-order valence-corrected chi connectivity index (χ0v) is 20.6. The van der Waals surface area contributed by atoms with Crippen molar-refractivity contribution in [3.63, 3.8) is 0 Å². The molecule has 1 amide bonds. The lowest BCUT2D eigenvalue weighted by Gasteiger charge is -2.21. The Morgan fingerprint density at radius 1 is 1.20 bits per heavy atom. The van der Waals surface area contributed by atoms with Gasteiger partial charge in [-0.25, -0.2) is 8.97 Å². The lowest BCUT2D eigenvalue weighted by molar-refractivity contribution is -0.118. The number of carbonyl (C=O) groups is 1. The van der Waals surface area contributed by atoms with Crippen molar-refractivity contribution in [1.29, 1.82) is 0 Å². The fraction of sp³-hybridized carbons (Fsp3) is 0.250. The number of aromatic nitrogens is 4. The molecule has 1 N–H and O–H groups in total. The summed E-state index contributed by atoms with van der Waals surface area (Å²) >= 11 is 2.91. The lowest BCUT2D eigenvalue weighted by Crippen LogP contribution is -2.27. The van der Waals surface area contributed by atoms with E-state index in [9.17, 15) is 9.59 Å². The summed E-state index contributed by atoms with van der Waals surface area (Å²) in [6, 6.07) is 13.1. The minimum Gasteiger partial charge on any atom is -0.467 e. The van der Waals surface area contributed by atoms with Crippen LogP contribution in [-0.2, 0) is 24.3 Å². The Morgan fingerprint density at radius 3 is 2.86 bits per heavy atom. The minimum absolute atomic E-state index is 0.0825. The van der Waals surface area contributed by atoms with Gasteiger partial charge in [-0.1, -0.05) is 30.0 Å². The molecule has 6 rings (SSSR count). The lowest BCUT2D eigenvalue weighted by atomic mass is 10.1. The van der Waals surface area contributed by atoms with Crippen molar-refractivity contribution in [3.8, 4) is 5.69 Å². The Morgan fingerprint density at radius 2 is 2.06 bits per heavy atom. The molecule has 0 aliphatic carbocycles. The van der Waals surface area contributed by atoms with Crippen LogP contribution in [-0.4, -0.2) is 49.3 Å². The topological polar surface area (TPSA) is 97.7 Å². The van der Waals surface area contributed by atoms with Gasteiger partial charge in [-0.15, -0.1) is 21.5 Å². The van der Waals surface area contributed by atoms with E-state index in [4.69, 9.17) is 4.42 Å². The number of para-hydroxylation sites is 1. The molecular formula is C24H22N6O3S2. The zero-order valence-electron chi connectivity index (χ0n) is 18.9. The van der Waals surface area contributed by atoms with Crippen LogP contribution in [0.1, 0.15) is 16.2 Å². The molecule has 1 aromatic carbocycles. The highest BCUT2D eigenvalue weighted by Crippen LogP contribution is 2.35. The largest absolute Gasteiger partial charge is 0.467 e. The third-order valence-corrected chi connectivity index (χ3v) is 8.18. The molecule has 9 nitrogen and oxygen atoms in total. The first kappa shape index (κ1) is 22.1. The van der Waals surface area contributed by atoms with Crippen molar-refractivity contribution in [2.45, 2.75) is 24.7 Å². The number of rotatable bonds is 6. The summed E-state index contributed by atoms with van der Waals surface area (Å²) in [5.74, 6) is 1.17. The van der Waals surface area contributed by atoms with Gasteiger partial charge in [-0.2, -0.15) is 0 Å². The summed E-state index contributed by atoms with van der Waals surface area (Å²) in [6.45, 7) is 2.04. The Bertz CT molecular complexity index is 1590. The van der Waals surface area contributed by atoms with E-state index in [1.165, 1.54) is 16.6 Å². The van der Waals surface area contributed by atoms with E-state index in [1.54, 1.807) is 28.2 Å². The molecule has 0 radical (unpaired) electrons. The fourth-order valence-electron chi connectivity index (χ4n) is 4.37. The van der Waals surface area contributed by atoms with Crippen LogP contribution < -0.4 is 10.9 Å². The van der Waals surface area contributed by atoms with Crippen LogP contribution in [0.3, 0.4) is 0 Å². The van der Waals surface area contributed by atoms with Crippen molar-refractivity contribution in [2.75, 3.05) is 19.3 Å². The van der Waals surface area contributed by atoms with E-state index < -0.39 is 0 Å². The molecule has 0 saturated carbocycles. The Balaban J connectivity index is 1.44. The van der Waals surface area contributed by atoms with Crippen LogP contribution in [0.2, 0.25) is 0 Å². The van der Waals surface area contributed by atoms with Crippen LogP contribution in [0, 0.1) is 0 Å². The molecule has 35 heavy (non-hydrogen) atoms. The maximum Gasteiger partial charge on any atom is 0.268 e. The normalized spacial score (nSPS) is 14.0. The first-order valence-electron chi connectivity index (χ1n) is 11.2. The average molecular weight is 507 g/mol. The molecule has 0 spiro atoms. The van der Waals surface area contributed by atoms with Crippen molar-refractivity contribution in [2.24, 2.45) is 0 Å². The molecule has 1 aliphatic heterocycles. The van der Waals surface area contributed by atoms with Crippen LogP contribution in [0.5, 0.6) is 0 Å². The third kappa shape index (κ3) is 3.95. The molecule has 0 atom stereocenters. The summed E-state index contributed by atoms with van der Waals surface area (Å²) in [7, 11) is 2.09. The summed E-state index contributed by atoms with van der Waals surface area (Å²) in [4.78, 5) is 30.6. The van der Waals surface area contributed by atoms with Gasteiger partial charge >= 0.3 is 0 Å². The molecule has 5 aromatic rings. The number of carbonyl (C=O) groups excluding carboxylic acids is 1. The maximum absolute atomic E-state index is 13.8. The van der Waals surface area contributed by atoms with Gasteiger partial charge < -0.3 is 14.6 Å². The monoisotopic (exact) mass is 506 g/mol. The Hall–Kier alpha value is -3.41. The number of benzene rings is 1. The van der Waals surface area contributed by atoms with Gasteiger partial charge in [0.15, 0.2) is 5.16 Å². The summed E-state index contributed by atoms with van der Waals surface area (Å²) in [5.41, 5.74) is 1.76. The van der Waals surface area contributed by atoms with Gasteiger partial charge in [-0.3, -0.25) is 9.59 Å². The van der Waals surface area contributed by atoms with E-state index in [0.29, 0.717) is 23.2 Å². The van der Waals surface area contributed by atoms with Crippen molar-refractivity contribution in [3.05, 3.63) is 75.3 Å². The molecule has 0 bridgehead atoms. The first-order valence-corrected chi connectivity index (χ1v) is 13.0. The average Bonchev–Trinajstić information content (AvgIpc) is 3.60. The number of hydrogen-bond donors (Lipinski definition) is 1. The van der Waals surface area contributed by atoms with Crippen LogP contribution in [0.4, 0.5) is 0 Å². The van der Waals surface area contributed by atoms with Gasteiger partial charge in [0.1, 0.15) is 10.6 Å². The summed E-state index contributed by atoms with van der Waals surface area (Å²) in [6.07, 6.45) is 2.40. The minimum atomic E-state index is -0.136. The van der Waals surface area contributed by atoms with Crippen molar-refractivity contribution in [1.82, 2.24) is 29.4 Å². The quantitative estimate of drug-likeness (QED) is 0.354. The highest BCUT2D eigenvalue weighted by Gasteiger charge is 2.26. The number of nitrogens with one attached hydrogen (secondary N) is 1. The molecule has 0 saturated heterocycles. The Labute approximate surface area is 208 Å². The van der Waals surface area contributed by atoms with Crippen LogP contribution in [0.15, 0.2) is 63.1 Å². The van der Waals surface area contributed by atoms with E-state index in [-0.39, 0.29) is 17.2 Å². The van der Waals surface area contributed by atoms with Gasteiger partial charge in [0.2, 0.25) is 11.7 Å². The number of thiophene rings is 1. The highest BCUT2D eigenvalue weighted by molar-refractivity contribution is 7.99. The number of fused-ring (bicyclic) bond motifs is 5. The molecule has 5 heterocycles. The second-order valence-electron chi connectivity index (χ2n) is 8.41. The molecule has 178 valence electrons. The number of hydrogen-bond acceptors (Lipinski definition) is 8. The van der Waals surface area contributed by atoms with E-state index >= 15 is 0 Å². The number of furan rings is 1. The second kappa shape index (κ2) is 8.99. The van der Waals surface area contributed by atoms with Gasteiger partial charge in [0, 0.05) is 18.0 Å². The molecule has 4 aromatic heterocycles. The molecule has 0 fully saturated rings. The van der Waals surface area contributed by atoms with Gasteiger partial charge in [-0.05, 0) is 43.3 Å². The van der Waals surface area contributed by atoms with Crippen molar-refractivity contribution >= 4 is 45.0 Å². The van der Waals surface area contributed by atoms with Gasteiger partial charge in [0.25, 0.3) is 5.56 Å². The standard InChI is InChI=1S/C24H22N6O3S2/c1-28-10-9-17-18(13-28)35-22-20(17)21(32)29(15-6-3-2-4-7-15)23-26-27-24(30(22)23)34-14-19(31)25-12-16-8-5-11-33-16/h2-8,11H,9-10,12-14H2,1H3,(H,25,31).